The number of aryl methyl sites for hydroxylation is 1. The second kappa shape index (κ2) is 4.92. The van der Waals surface area contributed by atoms with Crippen molar-refractivity contribution in [2.75, 3.05) is 5.32 Å². The van der Waals surface area contributed by atoms with Crippen LogP contribution < -0.4 is 5.32 Å². The highest BCUT2D eigenvalue weighted by atomic mass is 16.4. The molecule has 1 aromatic rings. The number of aromatic carboxylic acids is 1. The van der Waals surface area contributed by atoms with Gasteiger partial charge in [-0.2, -0.15) is 5.10 Å². The van der Waals surface area contributed by atoms with E-state index < -0.39 is 5.97 Å². The quantitative estimate of drug-likeness (QED) is 0.857. The molecule has 18 heavy (non-hydrogen) atoms. The summed E-state index contributed by atoms with van der Waals surface area (Å²) in [6, 6.07) is 0.244. The maximum Gasteiger partial charge on any atom is 0.339 e. The highest BCUT2D eigenvalue weighted by molar-refractivity contribution is 5.94. The zero-order valence-corrected chi connectivity index (χ0v) is 11.0. The lowest BCUT2D eigenvalue weighted by Crippen LogP contribution is -2.32. The SMILES string of the molecule is Cc1nnc(NC(C)C2CCC2)c(C(=O)O)c1C. The highest BCUT2D eigenvalue weighted by Crippen LogP contribution is 2.31. The summed E-state index contributed by atoms with van der Waals surface area (Å²) < 4.78 is 0. The molecule has 5 nitrogen and oxygen atoms in total. The van der Waals surface area contributed by atoms with Crippen LogP contribution in [0.4, 0.5) is 5.82 Å². The molecule has 0 saturated heterocycles. The molecule has 0 aliphatic heterocycles. The first-order valence-electron chi connectivity index (χ1n) is 6.34. The van der Waals surface area contributed by atoms with Crippen molar-refractivity contribution < 1.29 is 9.90 Å². The molecule has 0 radical (unpaired) electrons. The third kappa shape index (κ3) is 2.30. The molecule has 1 fully saturated rings. The van der Waals surface area contributed by atoms with Gasteiger partial charge in [0.05, 0.1) is 5.69 Å². The Morgan fingerprint density at radius 2 is 2.06 bits per heavy atom. The monoisotopic (exact) mass is 249 g/mol. The van der Waals surface area contributed by atoms with E-state index in [4.69, 9.17) is 0 Å². The third-order valence-electron chi connectivity index (χ3n) is 3.89. The molecule has 1 heterocycles. The average Bonchev–Trinajstić information content (AvgIpc) is 2.20. The molecule has 0 amide bonds. The first-order chi connectivity index (χ1) is 8.50. The van der Waals surface area contributed by atoms with Gasteiger partial charge in [0.2, 0.25) is 0 Å². The predicted octanol–water partition coefficient (Wildman–Crippen LogP) is 2.39. The third-order valence-corrected chi connectivity index (χ3v) is 3.89. The molecule has 0 bridgehead atoms. The predicted molar refractivity (Wildman–Crippen MR) is 68.9 cm³/mol. The first-order valence-corrected chi connectivity index (χ1v) is 6.34. The first kappa shape index (κ1) is 12.8. The van der Waals surface area contributed by atoms with Gasteiger partial charge < -0.3 is 10.4 Å². The summed E-state index contributed by atoms with van der Waals surface area (Å²) in [7, 11) is 0. The molecule has 0 aromatic carbocycles. The Morgan fingerprint density at radius 3 is 2.56 bits per heavy atom. The van der Waals surface area contributed by atoms with Crippen LogP contribution in [0.15, 0.2) is 0 Å². The zero-order valence-electron chi connectivity index (χ0n) is 11.0. The van der Waals surface area contributed by atoms with Crippen LogP contribution in [0.25, 0.3) is 0 Å². The maximum atomic E-state index is 11.3. The van der Waals surface area contributed by atoms with E-state index in [0.717, 1.165) is 0 Å². The lowest BCUT2D eigenvalue weighted by atomic mass is 9.80. The fraction of sp³-hybridized carbons (Fsp3) is 0.615. The average molecular weight is 249 g/mol. The minimum absolute atomic E-state index is 0.244. The van der Waals surface area contributed by atoms with Crippen molar-refractivity contribution in [2.24, 2.45) is 5.92 Å². The van der Waals surface area contributed by atoms with Crippen molar-refractivity contribution in [3.8, 4) is 0 Å². The number of nitrogens with zero attached hydrogens (tertiary/aromatic N) is 2. The summed E-state index contributed by atoms with van der Waals surface area (Å²) in [4.78, 5) is 11.3. The summed E-state index contributed by atoms with van der Waals surface area (Å²) in [5, 5.41) is 20.5. The Balaban J connectivity index is 2.26. The van der Waals surface area contributed by atoms with Crippen molar-refractivity contribution in [2.45, 2.75) is 46.1 Å². The van der Waals surface area contributed by atoms with E-state index in [9.17, 15) is 9.90 Å². The van der Waals surface area contributed by atoms with E-state index >= 15 is 0 Å². The van der Waals surface area contributed by atoms with Crippen molar-refractivity contribution in [1.29, 1.82) is 0 Å². The molecule has 1 atom stereocenters. The number of anilines is 1. The minimum atomic E-state index is -0.950. The molecule has 2 rings (SSSR count). The van der Waals surface area contributed by atoms with Crippen molar-refractivity contribution in [3.05, 3.63) is 16.8 Å². The Kier molecular flexibility index (Phi) is 3.50. The molecule has 1 aromatic heterocycles. The molecule has 1 aliphatic rings. The van der Waals surface area contributed by atoms with E-state index in [-0.39, 0.29) is 11.6 Å². The fourth-order valence-corrected chi connectivity index (χ4v) is 2.24. The Morgan fingerprint density at radius 1 is 1.39 bits per heavy atom. The normalized spacial score (nSPS) is 17.1. The number of hydrogen-bond donors (Lipinski definition) is 2. The molecule has 2 N–H and O–H groups in total. The minimum Gasteiger partial charge on any atom is -0.478 e. The maximum absolute atomic E-state index is 11.3. The van der Waals surface area contributed by atoms with Gasteiger partial charge in [0.25, 0.3) is 0 Å². The van der Waals surface area contributed by atoms with E-state index in [1.54, 1.807) is 13.8 Å². The molecular weight excluding hydrogens is 230 g/mol. The van der Waals surface area contributed by atoms with Gasteiger partial charge in [-0.25, -0.2) is 4.79 Å². The van der Waals surface area contributed by atoms with Gasteiger partial charge in [-0.1, -0.05) is 6.42 Å². The van der Waals surface area contributed by atoms with Crippen molar-refractivity contribution >= 4 is 11.8 Å². The topological polar surface area (TPSA) is 75.1 Å². The number of aromatic nitrogens is 2. The lowest BCUT2D eigenvalue weighted by molar-refractivity contribution is 0.0696. The van der Waals surface area contributed by atoms with Crippen LogP contribution in [0.3, 0.4) is 0 Å². The van der Waals surface area contributed by atoms with Crippen LogP contribution in [-0.2, 0) is 0 Å². The van der Waals surface area contributed by atoms with Crippen LogP contribution in [0.2, 0.25) is 0 Å². The van der Waals surface area contributed by atoms with Crippen LogP contribution in [0.1, 0.15) is 47.8 Å². The van der Waals surface area contributed by atoms with Gasteiger partial charge in [0.1, 0.15) is 5.56 Å². The summed E-state index contributed by atoms with van der Waals surface area (Å²) in [5.74, 6) is 0.0638. The number of carbonyl (C=O) groups is 1. The smallest absolute Gasteiger partial charge is 0.339 e. The van der Waals surface area contributed by atoms with Gasteiger partial charge >= 0.3 is 5.97 Å². The van der Waals surface area contributed by atoms with Gasteiger partial charge in [0.15, 0.2) is 5.82 Å². The van der Waals surface area contributed by atoms with E-state index in [1.165, 1.54) is 19.3 Å². The van der Waals surface area contributed by atoms with Crippen LogP contribution in [-0.4, -0.2) is 27.3 Å². The zero-order chi connectivity index (χ0) is 13.3. The van der Waals surface area contributed by atoms with Crippen LogP contribution >= 0.6 is 0 Å². The summed E-state index contributed by atoms with van der Waals surface area (Å²) in [6.45, 7) is 5.62. The molecular formula is C13H19N3O2. The van der Waals surface area contributed by atoms with Gasteiger partial charge in [0, 0.05) is 6.04 Å². The van der Waals surface area contributed by atoms with Crippen LogP contribution in [0.5, 0.6) is 0 Å². The number of carboxylic acids is 1. The number of hydrogen-bond acceptors (Lipinski definition) is 4. The van der Waals surface area contributed by atoms with Crippen molar-refractivity contribution in [1.82, 2.24) is 10.2 Å². The molecule has 1 unspecified atom stereocenters. The summed E-state index contributed by atoms with van der Waals surface area (Å²) in [6.07, 6.45) is 3.67. The Hall–Kier alpha value is -1.65. The van der Waals surface area contributed by atoms with Gasteiger partial charge in [-0.3, -0.25) is 0 Å². The molecule has 0 spiro atoms. The number of rotatable bonds is 4. The van der Waals surface area contributed by atoms with Gasteiger partial charge in [-0.05, 0) is 45.1 Å². The summed E-state index contributed by atoms with van der Waals surface area (Å²) in [5.41, 5.74) is 1.59. The fourth-order valence-electron chi connectivity index (χ4n) is 2.24. The Bertz CT molecular complexity index is 470. The van der Waals surface area contributed by atoms with Gasteiger partial charge in [-0.15, -0.1) is 5.10 Å². The number of nitrogens with one attached hydrogen (secondary N) is 1. The number of carboxylic acid groups (broad SMARTS) is 1. The molecule has 1 saturated carbocycles. The lowest BCUT2D eigenvalue weighted by Gasteiger charge is -2.32. The highest BCUT2D eigenvalue weighted by Gasteiger charge is 2.26. The van der Waals surface area contributed by atoms with Crippen LogP contribution in [0, 0.1) is 19.8 Å². The van der Waals surface area contributed by atoms with E-state index in [1.807, 2.05) is 0 Å². The Labute approximate surface area is 107 Å². The summed E-state index contributed by atoms with van der Waals surface area (Å²) >= 11 is 0. The van der Waals surface area contributed by atoms with E-state index in [2.05, 4.69) is 22.4 Å². The second-order valence-electron chi connectivity index (χ2n) is 5.06. The molecule has 1 aliphatic carbocycles. The standard InChI is InChI=1S/C13H19N3O2/c1-7-8(2)15-16-12(11(7)13(17)18)14-9(3)10-5-4-6-10/h9-10H,4-6H2,1-3H3,(H,14,16)(H,17,18). The molecule has 5 heteroatoms. The van der Waals surface area contributed by atoms with Crippen molar-refractivity contribution in [3.63, 3.8) is 0 Å². The molecule has 98 valence electrons. The second-order valence-corrected chi connectivity index (χ2v) is 5.06. The van der Waals surface area contributed by atoms with E-state index in [0.29, 0.717) is 23.0 Å². The largest absolute Gasteiger partial charge is 0.478 e.